The summed E-state index contributed by atoms with van der Waals surface area (Å²) >= 11 is 0. The van der Waals surface area contributed by atoms with Crippen LogP contribution in [0.3, 0.4) is 0 Å². The molecule has 1 aliphatic rings. The van der Waals surface area contributed by atoms with Crippen molar-refractivity contribution < 1.29 is 5.11 Å². The molecule has 1 saturated heterocycles. The molecule has 2 aromatic carbocycles. The van der Waals surface area contributed by atoms with Crippen LogP contribution in [0.1, 0.15) is 18.4 Å². The second-order valence-corrected chi connectivity index (χ2v) is 5.57. The molecular formula is C18H21NO. The zero-order valence-corrected chi connectivity index (χ0v) is 11.7. The first-order chi connectivity index (χ1) is 9.81. The molecule has 0 aliphatic carbocycles. The lowest BCUT2D eigenvalue weighted by molar-refractivity contribution is 0.0792. The first kappa shape index (κ1) is 13.3. The smallest absolute Gasteiger partial charge is 0.0564 e. The standard InChI is InChI=1S/C18H21NO/c20-18-9-11-19(12-10-18)14-15-5-4-8-17(13-15)16-6-2-1-3-7-16/h1-8,13,18,20H,9-12,14H2. The number of benzene rings is 2. The van der Waals surface area contributed by atoms with E-state index < -0.39 is 0 Å². The van der Waals surface area contributed by atoms with Crippen LogP contribution >= 0.6 is 0 Å². The molecule has 3 rings (SSSR count). The molecule has 2 heteroatoms. The van der Waals surface area contributed by atoms with Crippen LogP contribution in [0.25, 0.3) is 11.1 Å². The average Bonchev–Trinajstić information content (AvgIpc) is 2.51. The summed E-state index contributed by atoms with van der Waals surface area (Å²) in [7, 11) is 0. The summed E-state index contributed by atoms with van der Waals surface area (Å²) < 4.78 is 0. The van der Waals surface area contributed by atoms with Crippen LogP contribution in [-0.2, 0) is 6.54 Å². The molecule has 0 aromatic heterocycles. The van der Waals surface area contributed by atoms with E-state index in [1.165, 1.54) is 16.7 Å². The molecule has 0 spiro atoms. The molecule has 0 saturated carbocycles. The summed E-state index contributed by atoms with van der Waals surface area (Å²) in [4.78, 5) is 2.43. The Morgan fingerprint density at radius 1 is 0.900 bits per heavy atom. The van der Waals surface area contributed by atoms with Gasteiger partial charge < -0.3 is 5.11 Å². The van der Waals surface area contributed by atoms with Crippen molar-refractivity contribution in [2.75, 3.05) is 13.1 Å². The van der Waals surface area contributed by atoms with Crippen LogP contribution in [0, 0.1) is 0 Å². The zero-order valence-electron chi connectivity index (χ0n) is 11.7. The van der Waals surface area contributed by atoms with Gasteiger partial charge in [0.25, 0.3) is 0 Å². The van der Waals surface area contributed by atoms with Crippen LogP contribution in [0.2, 0.25) is 0 Å². The predicted molar refractivity (Wildman–Crippen MR) is 82.4 cm³/mol. The molecule has 1 aliphatic heterocycles. The second-order valence-electron chi connectivity index (χ2n) is 5.57. The minimum Gasteiger partial charge on any atom is -0.393 e. The van der Waals surface area contributed by atoms with Gasteiger partial charge in [0.2, 0.25) is 0 Å². The Bertz CT molecular complexity index is 544. The summed E-state index contributed by atoms with van der Waals surface area (Å²) in [6.07, 6.45) is 1.71. The quantitative estimate of drug-likeness (QED) is 0.922. The first-order valence-electron chi connectivity index (χ1n) is 7.36. The highest BCUT2D eigenvalue weighted by atomic mass is 16.3. The molecular weight excluding hydrogens is 246 g/mol. The fourth-order valence-electron chi connectivity index (χ4n) is 2.82. The van der Waals surface area contributed by atoms with Crippen molar-refractivity contribution in [2.45, 2.75) is 25.5 Å². The van der Waals surface area contributed by atoms with Gasteiger partial charge in [0.1, 0.15) is 0 Å². The highest BCUT2D eigenvalue weighted by Gasteiger charge is 2.16. The molecule has 0 atom stereocenters. The highest BCUT2D eigenvalue weighted by Crippen LogP contribution is 2.21. The zero-order chi connectivity index (χ0) is 13.8. The van der Waals surface area contributed by atoms with Crippen molar-refractivity contribution in [1.82, 2.24) is 4.90 Å². The van der Waals surface area contributed by atoms with Gasteiger partial charge in [-0.15, -0.1) is 0 Å². The Hall–Kier alpha value is -1.64. The fraction of sp³-hybridized carbons (Fsp3) is 0.333. The highest BCUT2D eigenvalue weighted by molar-refractivity contribution is 5.63. The maximum absolute atomic E-state index is 9.56. The minimum absolute atomic E-state index is 0.0955. The van der Waals surface area contributed by atoms with Crippen molar-refractivity contribution in [1.29, 1.82) is 0 Å². The van der Waals surface area contributed by atoms with Gasteiger partial charge in [-0.25, -0.2) is 0 Å². The molecule has 1 fully saturated rings. The fourth-order valence-corrected chi connectivity index (χ4v) is 2.82. The number of aliphatic hydroxyl groups is 1. The Balaban J connectivity index is 1.72. The maximum Gasteiger partial charge on any atom is 0.0564 e. The number of aliphatic hydroxyl groups excluding tert-OH is 1. The van der Waals surface area contributed by atoms with Gasteiger partial charge in [-0.3, -0.25) is 4.90 Å². The van der Waals surface area contributed by atoms with E-state index in [1.54, 1.807) is 0 Å². The first-order valence-corrected chi connectivity index (χ1v) is 7.36. The van der Waals surface area contributed by atoms with Crippen molar-refractivity contribution in [3.63, 3.8) is 0 Å². The lowest BCUT2D eigenvalue weighted by atomic mass is 10.0. The van der Waals surface area contributed by atoms with E-state index in [9.17, 15) is 5.11 Å². The van der Waals surface area contributed by atoms with E-state index in [0.29, 0.717) is 0 Å². The van der Waals surface area contributed by atoms with Gasteiger partial charge in [-0.1, -0.05) is 48.5 Å². The van der Waals surface area contributed by atoms with Crippen LogP contribution in [-0.4, -0.2) is 29.2 Å². The average molecular weight is 267 g/mol. The third-order valence-corrected chi connectivity index (χ3v) is 4.00. The van der Waals surface area contributed by atoms with Crippen molar-refractivity contribution >= 4 is 0 Å². The summed E-state index contributed by atoms with van der Waals surface area (Å²) in [6, 6.07) is 19.3. The van der Waals surface area contributed by atoms with Gasteiger partial charge in [0, 0.05) is 19.6 Å². The van der Waals surface area contributed by atoms with Gasteiger partial charge in [-0.05, 0) is 35.6 Å². The van der Waals surface area contributed by atoms with Crippen LogP contribution in [0.5, 0.6) is 0 Å². The minimum atomic E-state index is -0.0955. The number of piperidine rings is 1. The third-order valence-electron chi connectivity index (χ3n) is 4.00. The Kier molecular flexibility index (Phi) is 4.14. The number of nitrogens with zero attached hydrogens (tertiary/aromatic N) is 1. The summed E-state index contributed by atoms with van der Waals surface area (Å²) in [5, 5.41) is 9.56. The predicted octanol–water partition coefficient (Wildman–Crippen LogP) is 3.31. The molecule has 0 amide bonds. The van der Waals surface area contributed by atoms with Gasteiger partial charge in [0.05, 0.1) is 6.10 Å². The van der Waals surface area contributed by atoms with Crippen molar-refractivity contribution in [3.05, 3.63) is 60.2 Å². The van der Waals surface area contributed by atoms with Gasteiger partial charge in [0.15, 0.2) is 0 Å². The number of hydrogen-bond acceptors (Lipinski definition) is 2. The van der Waals surface area contributed by atoms with E-state index >= 15 is 0 Å². The third kappa shape index (κ3) is 3.27. The summed E-state index contributed by atoms with van der Waals surface area (Å²) in [5.74, 6) is 0. The van der Waals surface area contributed by atoms with E-state index in [-0.39, 0.29) is 6.10 Å². The SMILES string of the molecule is OC1CCN(Cc2cccc(-c3ccccc3)c2)CC1. The Morgan fingerprint density at radius 3 is 2.35 bits per heavy atom. The van der Waals surface area contributed by atoms with E-state index in [4.69, 9.17) is 0 Å². The van der Waals surface area contributed by atoms with E-state index in [0.717, 1.165) is 32.5 Å². The molecule has 1 N–H and O–H groups in total. The van der Waals surface area contributed by atoms with Gasteiger partial charge >= 0.3 is 0 Å². The van der Waals surface area contributed by atoms with Crippen LogP contribution in [0.15, 0.2) is 54.6 Å². The number of hydrogen-bond donors (Lipinski definition) is 1. The lowest BCUT2D eigenvalue weighted by Gasteiger charge is -2.29. The molecule has 0 bridgehead atoms. The second kappa shape index (κ2) is 6.21. The van der Waals surface area contributed by atoms with E-state index in [2.05, 4.69) is 53.4 Å². The monoisotopic (exact) mass is 267 g/mol. The molecule has 1 heterocycles. The topological polar surface area (TPSA) is 23.5 Å². The number of rotatable bonds is 3. The molecule has 2 aromatic rings. The van der Waals surface area contributed by atoms with Crippen LogP contribution in [0.4, 0.5) is 0 Å². The number of likely N-dealkylation sites (tertiary alicyclic amines) is 1. The maximum atomic E-state index is 9.56. The Morgan fingerprint density at radius 2 is 1.60 bits per heavy atom. The van der Waals surface area contributed by atoms with Crippen LogP contribution < -0.4 is 0 Å². The normalized spacial score (nSPS) is 17.2. The molecule has 20 heavy (non-hydrogen) atoms. The van der Waals surface area contributed by atoms with Crippen molar-refractivity contribution in [2.24, 2.45) is 0 Å². The Labute approximate surface area is 120 Å². The van der Waals surface area contributed by atoms with Gasteiger partial charge in [-0.2, -0.15) is 0 Å². The summed E-state index contributed by atoms with van der Waals surface area (Å²) in [6.45, 7) is 2.97. The van der Waals surface area contributed by atoms with E-state index in [1.807, 2.05) is 6.07 Å². The molecule has 104 valence electrons. The molecule has 0 unspecified atom stereocenters. The molecule has 0 radical (unpaired) electrons. The largest absolute Gasteiger partial charge is 0.393 e. The lowest BCUT2D eigenvalue weighted by Crippen LogP contribution is -2.35. The van der Waals surface area contributed by atoms with Crippen molar-refractivity contribution in [3.8, 4) is 11.1 Å². The summed E-state index contributed by atoms with van der Waals surface area (Å²) in [5.41, 5.74) is 3.89. The molecule has 2 nitrogen and oxygen atoms in total.